The molecule has 1 aromatic rings. The molecule has 0 aromatic heterocycles. The highest BCUT2D eigenvalue weighted by Crippen LogP contribution is 2.19. The fourth-order valence-corrected chi connectivity index (χ4v) is 3.10. The Balaban J connectivity index is 2.02. The third-order valence-corrected chi connectivity index (χ3v) is 4.56. The number of guanidine groups is 1. The van der Waals surface area contributed by atoms with E-state index in [1.807, 2.05) is 0 Å². The van der Waals surface area contributed by atoms with Crippen LogP contribution in [-0.2, 0) is 16.1 Å². The molecule has 132 valence electrons. The van der Waals surface area contributed by atoms with E-state index in [9.17, 15) is 4.79 Å². The molecule has 1 saturated heterocycles. The maximum atomic E-state index is 11.7. The van der Waals surface area contributed by atoms with Crippen LogP contribution in [0.3, 0.4) is 0 Å². The van der Waals surface area contributed by atoms with Gasteiger partial charge in [0.15, 0.2) is 5.96 Å². The molecule has 1 aliphatic heterocycles. The maximum Gasteiger partial charge on any atom is 0.308 e. The van der Waals surface area contributed by atoms with Crippen LogP contribution in [0.1, 0.15) is 36.5 Å². The standard InChI is InChI=1S/C19H29N3O2/c1-5-20-19(21-13-17-7-6-14(2)12-15(17)3)22-10-8-16(9-11-22)18(23)24-4/h6-7,12,16H,5,8-11,13H2,1-4H3,(H,20,21). The van der Waals surface area contributed by atoms with Crippen LogP contribution in [0.4, 0.5) is 0 Å². The van der Waals surface area contributed by atoms with Crippen molar-refractivity contribution < 1.29 is 9.53 Å². The van der Waals surface area contributed by atoms with Crippen LogP contribution in [0.15, 0.2) is 23.2 Å². The SMILES string of the molecule is CCNC(=NCc1ccc(C)cc1C)N1CCC(C(=O)OC)CC1. The van der Waals surface area contributed by atoms with Crippen LogP contribution in [0.2, 0.25) is 0 Å². The normalized spacial score (nSPS) is 16.2. The van der Waals surface area contributed by atoms with E-state index in [0.29, 0.717) is 6.54 Å². The predicted molar refractivity (Wildman–Crippen MR) is 97.0 cm³/mol. The molecule has 5 heteroatoms. The second-order valence-electron chi connectivity index (χ2n) is 6.38. The van der Waals surface area contributed by atoms with Gasteiger partial charge in [-0.2, -0.15) is 0 Å². The summed E-state index contributed by atoms with van der Waals surface area (Å²) in [5.74, 6) is 0.862. The summed E-state index contributed by atoms with van der Waals surface area (Å²) in [5.41, 5.74) is 3.80. The number of ether oxygens (including phenoxy) is 1. The van der Waals surface area contributed by atoms with Crippen molar-refractivity contribution in [3.05, 3.63) is 34.9 Å². The fraction of sp³-hybridized carbons (Fsp3) is 0.579. The number of nitrogens with zero attached hydrogens (tertiary/aromatic N) is 2. The molecular formula is C19H29N3O2. The van der Waals surface area contributed by atoms with E-state index in [-0.39, 0.29) is 11.9 Å². The topological polar surface area (TPSA) is 53.9 Å². The summed E-state index contributed by atoms with van der Waals surface area (Å²) < 4.78 is 4.86. The molecule has 5 nitrogen and oxygen atoms in total. The number of carbonyl (C=O) groups is 1. The van der Waals surface area contributed by atoms with Crippen LogP contribution in [0.25, 0.3) is 0 Å². The lowest BCUT2D eigenvalue weighted by Gasteiger charge is -2.33. The van der Waals surface area contributed by atoms with Crippen LogP contribution >= 0.6 is 0 Å². The van der Waals surface area contributed by atoms with Crippen molar-refractivity contribution in [3.63, 3.8) is 0 Å². The molecule has 0 amide bonds. The number of aliphatic imine (C=N–C) groups is 1. The molecule has 0 atom stereocenters. The summed E-state index contributed by atoms with van der Waals surface area (Å²) in [4.78, 5) is 18.7. The molecule has 24 heavy (non-hydrogen) atoms. The van der Waals surface area contributed by atoms with Gasteiger partial charge in [-0.05, 0) is 44.7 Å². The molecule has 1 aliphatic rings. The third-order valence-electron chi connectivity index (χ3n) is 4.56. The minimum absolute atomic E-state index is 0.0217. The third kappa shape index (κ3) is 4.73. The molecule has 0 aliphatic carbocycles. The quantitative estimate of drug-likeness (QED) is 0.523. The van der Waals surface area contributed by atoms with E-state index in [2.05, 4.69) is 49.2 Å². The Morgan fingerprint density at radius 2 is 2.04 bits per heavy atom. The van der Waals surface area contributed by atoms with Crippen LogP contribution in [0.5, 0.6) is 0 Å². The van der Waals surface area contributed by atoms with E-state index < -0.39 is 0 Å². The number of methoxy groups -OCH3 is 1. The van der Waals surface area contributed by atoms with Crippen LogP contribution in [-0.4, -0.2) is 43.6 Å². The van der Waals surface area contributed by atoms with Crippen molar-refractivity contribution in [2.75, 3.05) is 26.7 Å². The van der Waals surface area contributed by atoms with Crippen molar-refractivity contribution in [1.82, 2.24) is 10.2 Å². The summed E-state index contributed by atoms with van der Waals surface area (Å²) in [7, 11) is 1.46. The number of nitrogens with one attached hydrogen (secondary N) is 1. The lowest BCUT2D eigenvalue weighted by atomic mass is 9.97. The first-order chi connectivity index (χ1) is 11.5. The Kier molecular flexibility index (Phi) is 6.64. The number of benzene rings is 1. The van der Waals surface area contributed by atoms with Gasteiger partial charge in [-0.1, -0.05) is 23.8 Å². The first kappa shape index (κ1) is 18.3. The number of hydrogen-bond donors (Lipinski definition) is 1. The van der Waals surface area contributed by atoms with Crippen molar-refractivity contribution in [2.45, 2.75) is 40.2 Å². The Morgan fingerprint density at radius 1 is 1.33 bits per heavy atom. The van der Waals surface area contributed by atoms with Crippen molar-refractivity contribution in [3.8, 4) is 0 Å². The minimum Gasteiger partial charge on any atom is -0.469 e. The van der Waals surface area contributed by atoms with Gasteiger partial charge in [0.05, 0.1) is 19.6 Å². The summed E-state index contributed by atoms with van der Waals surface area (Å²) in [6.07, 6.45) is 1.64. The van der Waals surface area contributed by atoms with Crippen LogP contribution < -0.4 is 5.32 Å². The average Bonchev–Trinajstić information content (AvgIpc) is 2.59. The second-order valence-corrected chi connectivity index (χ2v) is 6.38. The van der Waals surface area contributed by atoms with E-state index in [1.54, 1.807) is 0 Å². The van der Waals surface area contributed by atoms with Gasteiger partial charge in [0.2, 0.25) is 0 Å². The Bertz CT molecular complexity index is 590. The van der Waals surface area contributed by atoms with Crippen molar-refractivity contribution >= 4 is 11.9 Å². The van der Waals surface area contributed by atoms with Crippen LogP contribution in [0, 0.1) is 19.8 Å². The van der Waals surface area contributed by atoms with E-state index in [1.165, 1.54) is 23.8 Å². The summed E-state index contributed by atoms with van der Waals surface area (Å²) in [6.45, 7) is 9.49. The van der Waals surface area contributed by atoms with Gasteiger partial charge in [0.1, 0.15) is 0 Å². The molecule has 1 N–H and O–H groups in total. The Hall–Kier alpha value is -2.04. The molecular weight excluding hydrogens is 302 g/mol. The van der Waals surface area contributed by atoms with Crippen molar-refractivity contribution in [1.29, 1.82) is 0 Å². The molecule has 0 radical (unpaired) electrons. The molecule has 2 rings (SSSR count). The van der Waals surface area contributed by atoms with Crippen molar-refractivity contribution in [2.24, 2.45) is 10.9 Å². The zero-order chi connectivity index (χ0) is 17.5. The molecule has 1 heterocycles. The Morgan fingerprint density at radius 3 is 2.62 bits per heavy atom. The van der Waals surface area contributed by atoms with Gasteiger partial charge in [0.25, 0.3) is 0 Å². The number of carbonyl (C=O) groups excluding carboxylic acids is 1. The molecule has 0 unspecified atom stereocenters. The lowest BCUT2D eigenvalue weighted by molar-refractivity contribution is -0.146. The molecule has 0 bridgehead atoms. The molecule has 1 aromatic carbocycles. The number of likely N-dealkylation sites (tertiary alicyclic amines) is 1. The molecule has 1 fully saturated rings. The van der Waals surface area contributed by atoms with Gasteiger partial charge >= 0.3 is 5.97 Å². The zero-order valence-electron chi connectivity index (χ0n) is 15.3. The number of hydrogen-bond acceptors (Lipinski definition) is 3. The lowest BCUT2D eigenvalue weighted by Crippen LogP contribution is -2.46. The van der Waals surface area contributed by atoms with E-state index >= 15 is 0 Å². The molecule has 0 saturated carbocycles. The summed E-state index contributed by atoms with van der Waals surface area (Å²) >= 11 is 0. The first-order valence-electron chi connectivity index (χ1n) is 8.72. The van der Waals surface area contributed by atoms with Gasteiger partial charge < -0.3 is 15.0 Å². The van der Waals surface area contributed by atoms with Gasteiger partial charge in [-0.25, -0.2) is 4.99 Å². The number of esters is 1. The predicted octanol–water partition coefficient (Wildman–Crippen LogP) is 2.65. The zero-order valence-corrected chi connectivity index (χ0v) is 15.3. The second kappa shape index (κ2) is 8.71. The average molecular weight is 331 g/mol. The van der Waals surface area contributed by atoms with Gasteiger partial charge in [-0.3, -0.25) is 4.79 Å². The number of piperidine rings is 1. The van der Waals surface area contributed by atoms with E-state index in [4.69, 9.17) is 9.73 Å². The largest absolute Gasteiger partial charge is 0.469 e. The summed E-state index contributed by atoms with van der Waals surface area (Å²) in [5, 5.41) is 3.37. The Labute approximate surface area is 145 Å². The fourth-order valence-electron chi connectivity index (χ4n) is 3.10. The highest BCUT2D eigenvalue weighted by atomic mass is 16.5. The smallest absolute Gasteiger partial charge is 0.308 e. The maximum absolute atomic E-state index is 11.7. The minimum atomic E-state index is -0.0909. The highest BCUT2D eigenvalue weighted by Gasteiger charge is 2.26. The molecule has 0 spiro atoms. The first-order valence-corrected chi connectivity index (χ1v) is 8.72. The summed E-state index contributed by atoms with van der Waals surface area (Å²) in [6, 6.07) is 6.48. The van der Waals surface area contributed by atoms with E-state index in [0.717, 1.165) is 38.4 Å². The van der Waals surface area contributed by atoms with Gasteiger partial charge in [-0.15, -0.1) is 0 Å². The number of aryl methyl sites for hydroxylation is 2. The van der Waals surface area contributed by atoms with Gasteiger partial charge in [0, 0.05) is 19.6 Å². The highest BCUT2D eigenvalue weighted by molar-refractivity contribution is 5.80. The monoisotopic (exact) mass is 331 g/mol. The number of rotatable bonds is 4.